The molecule has 0 aliphatic rings. The minimum Gasteiger partial charge on any atom is -0.369 e. The van der Waals surface area contributed by atoms with Gasteiger partial charge in [0.25, 0.3) is 5.69 Å². The van der Waals surface area contributed by atoms with Gasteiger partial charge in [-0.1, -0.05) is 24.3 Å². The number of nitriles is 1. The number of rotatable bonds is 4. The van der Waals surface area contributed by atoms with Gasteiger partial charge in [-0.2, -0.15) is 5.26 Å². The van der Waals surface area contributed by atoms with Crippen molar-refractivity contribution in [1.82, 2.24) is 0 Å². The van der Waals surface area contributed by atoms with Crippen LogP contribution in [0, 0.1) is 28.4 Å². The van der Waals surface area contributed by atoms with E-state index < -0.39 is 0 Å². The number of anilines is 1. The van der Waals surface area contributed by atoms with Gasteiger partial charge in [0.15, 0.2) is 0 Å². The largest absolute Gasteiger partial charge is 0.369 e. The molecule has 0 heterocycles. The van der Waals surface area contributed by atoms with E-state index in [2.05, 4.69) is 6.07 Å². The number of nitro benzene ring substituents is 1. The zero-order chi connectivity index (χ0) is 15.4. The average Bonchev–Trinajstić information content (AvgIpc) is 2.48. The van der Waals surface area contributed by atoms with Gasteiger partial charge in [-0.15, -0.1) is 0 Å². The summed E-state index contributed by atoms with van der Waals surface area (Å²) in [5.74, 6) is 0. The lowest BCUT2D eigenvalue weighted by Gasteiger charge is -2.21. The molecule has 0 aliphatic heterocycles. The Labute approximate surface area is 123 Å². The highest BCUT2D eigenvalue weighted by Crippen LogP contribution is 2.25. The Balaban J connectivity index is 2.32. The first-order valence-corrected chi connectivity index (χ1v) is 6.47. The molecule has 5 nitrogen and oxygen atoms in total. The average molecular weight is 281 g/mol. The summed E-state index contributed by atoms with van der Waals surface area (Å²) in [5, 5.41) is 20.1. The number of hydrogen-bond acceptors (Lipinski definition) is 4. The van der Waals surface area contributed by atoms with E-state index in [4.69, 9.17) is 5.26 Å². The van der Waals surface area contributed by atoms with Gasteiger partial charge >= 0.3 is 0 Å². The van der Waals surface area contributed by atoms with Crippen LogP contribution in [0.15, 0.2) is 42.5 Å². The van der Waals surface area contributed by atoms with Crippen LogP contribution in [0.3, 0.4) is 0 Å². The molecule has 106 valence electrons. The topological polar surface area (TPSA) is 70.2 Å². The molecule has 0 unspecified atom stereocenters. The maximum atomic E-state index is 11.0. The van der Waals surface area contributed by atoms with E-state index in [1.54, 1.807) is 19.1 Å². The zero-order valence-corrected chi connectivity index (χ0v) is 11.9. The van der Waals surface area contributed by atoms with Gasteiger partial charge in [0.05, 0.1) is 16.2 Å². The van der Waals surface area contributed by atoms with Gasteiger partial charge in [0, 0.05) is 25.2 Å². The molecule has 0 aromatic heterocycles. The molecule has 0 N–H and O–H groups in total. The third-order valence-corrected chi connectivity index (χ3v) is 3.46. The van der Waals surface area contributed by atoms with Crippen LogP contribution in [0.5, 0.6) is 0 Å². The second-order valence-corrected chi connectivity index (χ2v) is 4.80. The van der Waals surface area contributed by atoms with Crippen molar-refractivity contribution in [2.24, 2.45) is 0 Å². The molecule has 5 heteroatoms. The molecule has 0 atom stereocenters. The van der Waals surface area contributed by atoms with Gasteiger partial charge in [-0.05, 0) is 24.6 Å². The third-order valence-electron chi connectivity index (χ3n) is 3.46. The molecule has 21 heavy (non-hydrogen) atoms. The molecule has 2 rings (SSSR count). The molecule has 0 saturated carbocycles. The first kappa shape index (κ1) is 14.5. The summed E-state index contributed by atoms with van der Waals surface area (Å²) in [4.78, 5) is 12.5. The summed E-state index contributed by atoms with van der Waals surface area (Å²) in [7, 11) is 1.87. The van der Waals surface area contributed by atoms with Crippen molar-refractivity contribution >= 4 is 11.4 Å². The minimum atomic E-state index is -0.373. The highest BCUT2D eigenvalue weighted by molar-refractivity contribution is 5.59. The Morgan fingerprint density at radius 1 is 1.24 bits per heavy atom. The van der Waals surface area contributed by atoms with E-state index >= 15 is 0 Å². The molecular weight excluding hydrogens is 266 g/mol. The number of benzene rings is 2. The van der Waals surface area contributed by atoms with Gasteiger partial charge in [0.1, 0.15) is 6.07 Å². The van der Waals surface area contributed by atoms with E-state index in [0.29, 0.717) is 17.7 Å². The van der Waals surface area contributed by atoms with Crippen LogP contribution >= 0.6 is 0 Å². The van der Waals surface area contributed by atoms with Crippen molar-refractivity contribution in [2.45, 2.75) is 13.5 Å². The van der Waals surface area contributed by atoms with E-state index in [0.717, 1.165) is 11.3 Å². The van der Waals surface area contributed by atoms with Crippen LogP contribution < -0.4 is 4.90 Å². The van der Waals surface area contributed by atoms with E-state index in [-0.39, 0.29) is 10.6 Å². The lowest BCUT2D eigenvalue weighted by molar-refractivity contribution is -0.385. The number of hydrogen-bond donors (Lipinski definition) is 0. The predicted molar refractivity (Wildman–Crippen MR) is 81.1 cm³/mol. The maximum absolute atomic E-state index is 11.0. The van der Waals surface area contributed by atoms with Crippen LogP contribution in [-0.2, 0) is 6.54 Å². The highest BCUT2D eigenvalue weighted by Gasteiger charge is 2.15. The number of nitro groups is 1. The van der Waals surface area contributed by atoms with E-state index in [9.17, 15) is 10.1 Å². The predicted octanol–water partition coefficient (Wildman–Crippen LogP) is 3.41. The maximum Gasteiger partial charge on any atom is 0.272 e. The summed E-state index contributed by atoms with van der Waals surface area (Å²) < 4.78 is 0. The standard InChI is InChI=1S/C16H15N3O2/c1-12-14(7-5-9-15(12)19(20)21)11-18(2)16-8-4-3-6-13(16)10-17/h3-9H,11H2,1-2H3. The first-order chi connectivity index (χ1) is 10.0. The van der Waals surface area contributed by atoms with Crippen molar-refractivity contribution in [3.05, 3.63) is 69.3 Å². The van der Waals surface area contributed by atoms with Crippen LogP contribution in [0.1, 0.15) is 16.7 Å². The van der Waals surface area contributed by atoms with Crippen LogP contribution in [0.4, 0.5) is 11.4 Å². The van der Waals surface area contributed by atoms with Crippen molar-refractivity contribution in [3.8, 4) is 6.07 Å². The van der Waals surface area contributed by atoms with E-state index in [1.165, 1.54) is 6.07 Å². The summed E-state index contributed by atoms with van der Waals surface area (Å²) in [6, 6.07) is 14.5. The fourth-order valence-corrected chi connectivity index (χ4v) is 2.28. The molecule has 0 spiro atoms. The number of para-hydroxylation sites is 1. The Morgan fingerprint density at radius 3 is 2.62 bits per heavy atom. The zero-order valence-electron chi connectivity index (χ0n) is 11.9. The van der Waals surface area contributed by atoms with Gasteiger partial charge in [-0.25, -0.2) is 0 Å². The highest BCUT2D eigenvalue weighted by atomic mass is 16.6. The van der Waals surface area contributed by atoms with Crippen molar-refractivity contribution in [2.75, 3.05) is 11.9 Å². The lowest BCUT2D eigenvalue weighted by atomic mass is 10.1. The fourth-order valence-electron chi connectivity index (χ4n) is 2.28. The van der Waals surface area contributed by atoms with Crippen molar-refractivity contribution in [3.63, 3.8) is 0 Å². The molecular formula is C16H15N3O2. The van der Waals surface area contributed by atoms with Crippen LogP contribution in [0.25, 0.3) is 0 Å². The monoisotopic (exact) mass is 281 g/mol. The van der Waals surface area contributed by atoms with Crippen LogP contribution in [-0.4, -0.2) is 12.0 Å². The molecule has 0 radical (unpaired) electrons. The SMILES string of the molecule is Cc1c(CN(C)c2ccccc2C#N)cccc1[N+](=O)[O-]. The van der Waals surface area contributed by atoms with Crippen molar-refractivity contribution < 1.29 is 4.92 Å². The molecule has 2 aromatic rings. The Hall–Kier alpha value is -2.87. The lowest BCUT2D eigenvalue weighted by Crippen LogP contribution is -2.18. The quantitative estimate of drug-likeness (QED) is 0.636. The molecule has 2 aromatic carbocycles. The second-order valence-electron chi connectivity index (χ2n) is 4.80. The minimum absolute atomic E-state index is 0.120. The van der Waals surface area contributed by atoms with Gasteiger partial charge in [-0.3, -0.25) is 10.1 Å². The smallest absolute Gasteiger partial charge is 0.272 e. The molecule has 0 bridgehead atoms. The normalized spacial score (nSPS) is 9.95. The first-order valence-electron chi connectivity index (χ1n) is 6.47. The Morgan fingerprint density at radius 2 is 1.95 bits per heavy atom. The summed E-state index contributed by atoms with van der Waals surface area (Å²) in [6.45, 7) is 2.25. The fraction of sp³-hybridized carbons (Fsp3) is 0.188. The van der Waals surface area contributed by atoms with Gasteiger partial charge in [0.2, 0.25) is 0 Å². The molecule has 0 saturated heterocycles. The summed E-state index contributed by atoms with van der Waals surface area (Å²) in [5.41, 5.74) is 3.05. The van der Waals surface area contributed by atoms with Crippen LogP contribution in [0.2, 0.25) is 0 Å². The number of nitrogens with zero attached hydrogens (tertiary/aromatic N) is 3. The third kappa shape index (κ3) is 3.00. The van der Waals surface area contributed by atoms with Gasteiger partial charge < -0.3 is 4.90 Å². The van der Waals surface area contributed by atoms with E-state index in [1.807, 2.05) is 36.2 Å². The van der Waals surface area contributed by atoms with Crippen molar-refractivity contribution in [1.29, 1.82) is 5.26 Å². The molecule has 0 aliphatic carbocycles. The summed E-state index contributed by atoms with van der Waals surface area (Å²) in [6.07, 6.45) is 0. The molecule has 0 fully saturated rings. The Bertz CT molecular complexity index is 720. The second kappa shape index (κ2) is 6.06. The Kier molecular flexibility index (Phi) is 4.19. The molecule has 0 amide bonds. The summed E-state index contributed by atoms with van der Waals surface area (Å²) >= 11 is 0.